The first kappa shape index (κ1) is 63.2. The summed E-state index contributed by atoms with van der Waals surface area (Å²) in [6, 6.07) is 98.5. The van der Waals surface area contributed by atoms with Crippen LogP contribution in [0.2, 0.25) is 0 Å². The second-order valence-electron chi connectivity index (χ2n) is 23.3. The zero-order valence-corrected chi connectivity index (χ0v) is 55.2. The average molecular weight is 1370 g/mol. The Hall–Kier alpha value is -12.8. The number of nitrogens with zero attached hydrogens (tertiary/aromatic N) is 6. The Kier molecular flexibility index (Phi) is 17.5. The number of carbonyl (C=O) groups is 1. The van der Waals surface area contributed by atoms with Gasteiger partial charge in [0.1, 0.15) is 22.5 Å². The fourth-order valence-electron chi connectivity index (χ4n) is 13.1. The minimum atomic E-state index is -0.322. The molecule has 0 saturated heterocycles. The molecule has 479 valence electrons. The van der Waals surface area contributed by atoms with Gasteiger partial charge in [-0.15, -0.1) is 0 Å². The molecule has 0 spiro atoms. The maximum atomic E-state index is 11.0. The van der Waals surface area contributed by atoms with Crippen molar-refractivity contribution in [3.05, 3.63) is 307 Å². The highest BCUT2D eigenvalue weighted by molar-refractivity contribution is 9.10. The molecule has 12 aromatic carbocycles. The number of hydrogen-bond acceptors (Lipinski definition) is 12. The minimum Gasteiger partial charge on any atom is -0.535 e. The molecule has 0 bridgehead atoms. The third-order valence-electron chi connectivity index (χ3n) is 17.5. The van der Waals surface area contributed by atoms with Crippen LogP contribution < -0.4 is 4.65 Å². The standard InChI is InChI=1S/C41H27N3O.C34H21BN3O3.C8H7BrO2.CO2/c1-26-13-5-6-18-30(26)33-21-12-22-34-37-38(27-14-3-2-4-15-27)42-40(43-41(37)45-39(33)34)28-16-11-17-29(25-28)44-35-23-9-7-19-31(35)32-20-8-10-24-36(32)44;39-35-41-29-19-9-16-26-31-33(40-32(26)29)30(21-10-2-1-3-11-21)36-34(37-31)22-12-8-13-23(20-22)38-27-17-6-4-14-24(27)25-15-5-7-18-28(25)38;1-11-8(10)6-4-2-3-5-7(6)9;2-1-3/h2-25H,1H3;1-20,39H;2-5H,1H3;. The van der Waals surface area contributed by atoms with E-state index in [2.05, 4.69) is 225 Å². The molecular formula is C84H55BBrN6O8. The van der Waals surface area contributed by atoms with Crippen LogP contribution in [0.1, 0.15) is 15.9 Å². The molecule has 14 nitrogen and oxygen atoms in total. The van der Waals surface area contributed by atoms with Crippen molar-refractivity contribution in [2.45, 2.75) is 6.92 Å². The third kappa shape index (κ3) is 11.8. The number of rotatable bonds is 10. The van der Waals surface area contributed by atoms with Gasteiger partial charge in [0.15, 0.2) is 22.8 Å². The first-order valence-corrected chi connectivity index (χ1v) is 32.8. The molecule has 0 fully saturated rings. The fraction of sp³-hybridized carbons (Fsp3) is 0.0238. The zero-order chi connectivity index (χ0) is 68.2. The predicted molar refractivity (Wildman–Crippen MR) is 398 cm³/mol. The minimum absolute atomic E-state index is 0.250. The molecular weight excluding hydrogens is 1310 g/mol. The Morgan fingerprint density at radius 3 is 1.46 bits per heavy atom. The normalized spacial score (nSPS) is 11.1. The summed E-state index contributed by atoms with van der Waals surface area (Å²) in [7, 11) is 2.01. The summed E-state index contributed by atoms with van der Waals surface area (Å²) >= 11 is 3.24. The molecule has 0 aliphatic heterocycles. The van der Waals surface area contributed by atoms with Gasteiger partial charge in [-0.2, -0.15) is 14.6 Å². The largest absolute Gasteiger partial charge is 0.569 e. The van der Waals surface area contributed by atoms with Crippen molar-refractivity contribution >= 4 is 123 Å². The number of aromatic nitrogens is 6. The monoisotopic (exact) mass is 1370 g/mol. The van der Waals surface area contributed by atoms with Gasteiger partial charge in [-0.25, -0.2) is 19.7 Å². The van der Waals surface area contributed by atoms with E-state index in [1.807, 2.05) is 78.9 Å². The van der Waals surface area contributed by atoms with E-state index in [-0.39, 0.29) is 12.1 Å². The third-order valence-corrected chi connectivity index (χ3v) is 18.2. The second-order valence-corrected chi connectivity index (χ2v) is 24.2. The van der Waals surface area contributed by atoms with Gasteiger partial charge in [0, 0.05) is 70.6 Å². The Balaban J connectivity index is 0.000000137. The molecule has 18 rings (SSSR count). The molecule has 1 N–H and O–H groups in total. The molecule has 16 heteroatoms. The van der Waals surface area contributed by atoms with Crippen molar-refractivity contribution in [3.8, 4) is 73.5 Å². The summed E-state index contributed by atoms with van der Waals surface area (Å²) in [5.74, 6) is 1.29. The summed E-state index contributed by atoms with van der Waals surface area (Å²) in [4.78, 5) is 47.6. The van der Waals surface area contributed by atoms with E-state index in [0.717, 1.165) is 87.7 Å². The van der Waals surface area contributed by atoms with Gasteiger partial charge in [-0.05, 0) is 107 Å². The molecule has 0 unspecified atom stereocenters. The molecule has 0 atom stereocenters. The number of hydrogen-bond donors (Lipinski definition) is 1. The number of halogens is 1. The van der Waals surface area contributed by atoms with Crippen LogP contribution in [0.15, 0.2) is 304 Å². The van der Waals surface area contributed by atoms with Gasteiger partial charge in [0.2, 0.25) is 5.71 Å². The Morgan fingerprint density at radius 2 is 0.900 bits per heavy atom. The van der Waals surface area contributed by atoms with Gasteiger partial charge < -0.3 is 32.4 Å². The number of furan rings is 2. The molecule has 100 heavy (non-hydrogen) atoms. The lowest BCUT2D eigenvalue weighted by Crippen LogP contribution is -2.01. The fourth-order valence-corrected chi connectivity index (χ4v) is 13.6. The second kappa shape index (κ2) is 27.7. The molecule has 0 saturated carbocycles. The number of aryl methyl sites for hydroxylation is 1. The molecule has 0 aliphatic carbocycles. The SMILES string of the molecule is COC(=O)c1ccccc1Br.Cc1ccccc1-c1cccc2c1oc1nc(-c3cccc(-n4c5ccccc5c5ccccc54)c3)nc(-c3ccccc3)c12.O=C=O.O[B]Oc1cccc2c1oc1c(-c3ccccc3)nc(-c3cccc(-n4c5ccccc5c5ccccc54)c3)nc12. The summed E-state index contributed by atoms with van der Waals surface area (Å²) in [6.07, 6.45) is 0.250. The van der Waals surface area contributed by atoms with Gasteiger partial charge in [0.25, 0.3) is 0 Å². The van der Waals surface area contributed by atoms with Crippen molar-refractivity contribution in [2.24, 2.45) is 0 Å². The molecule has 1 radical (unpaired) electrons. The van der Waals surface area contributed by atoms with Crippen LogP contribution in [0, 0.1) is 6.92 Å². The Bertz CT molecular complexity index is 6060. The first-order chi connectivity index (χ1) is 49.2. The number of methoxy groups -OCH3 is 1. The van der Waals surface area contributed by atoms with Crippen LogP contribution in [0.3, 0.4) is 0 Å². The smallest absolute Gasteiger partial charge is 0.535 e. The highest BCUT2D eigenvalue weighted by atomic mass is 79.9. The number of benzene rings is 12. The van der Waals surface area contributed by atoms with Crippen molar-refractivity contribution in [3.63, 3.8) is 0 Å². The van der Waals surface area contributed by atoms with E-state index in [1.54, 1.807) is 24.3 Å². The lowest BCUT2D eigenvalue weighted by atomic mass is 9.98. The van der Waals surface area contributed by atoms with Gasteiger partial charge in [-0.1, -0.05) is 218 Å². The van der Waals surface area contributed by atoms with Crippen molar-refractivity contribution < 1.29 is 37.6 Å². The highest BCUT2D eigenvalue weighted by Gasteiger charge is 2.24. The Morgan fingerprint density at radius 1 is 0.450 bits per heavy atom. The van der Waals surface area contributed by atoms with Crippen LogP contribution in [0.25, 0.3) is 156 Å². The van der Waals surface area contributed by atoms with E-state index in [0.29, 0.717) is 58.7 Å². The zero-order valence-electron chi connectivity index (χ0n) is 53.7. The van der Waals surface area contributed by atoms with Crippen LogP contribution in [0.4, 0.5) is 0 Å². The van der Waals surface area contributed by atoms with Crippen LogP contribution in [0.5, 0.6) is 5.75 Å². The van der Waals surface area contributed by atoms with Crippen LogP contribution >= 0.6 is 15.9 Å². The molecule has 18 aromatic rings. The molecule has 0 aliphatic rings. The van der Waals surface area contributed by atoms with Crippen molar-refractivity contribution in [1.82, 2.24) is 29.1 Å². The average Bonchev–Trinajstić information content (AvgIpc) is 1.60. The number of ether oxygens (including phenoxy) is 1. The maximum Gasteiger partial charge on any atom is 0.569 e. The predicted octanol–water partition coefficient (Wildman–Crippen LogP) is 20.1. The molecule has 6 heterocycles. The van der Waals surface area contributed by atoms with Crippen molar-refractivity contribution in [1.29, 1.82) is 0 Å². The number of fused-ring (bicyclic) bond motifs is 12. The summed E-state index contributed by atoms with van der Waals surface area (Å²) in [6.45, 7) is 2.13. The quantitative estimate of drug-likeness (QED) is 0.101. The topological polar surface area (TPSA) is 178 Å². The summed E-state index contributed by atoms with van der Waals surface area (Å²) in [5, 5.41) is 16.9. The number of carbonyl (C=O) groups excluding carboxylic acids is 3. The molecule has 0 amide bonds. The van der Waals surface area contributed by atoms with Gasteiger partial charge in [0.05, 0.1) is 51.2 Å². The Labute approximate surface area is 581 Å². The van der Waals surface area contributed by atoms with Gasteiger partial charge >= 0.3 is 19.8 Å². The summed E-state index contributed by atoms with van der Waals surface area (Å²) < 4.78 is 28.2. The van der Waals surface area contributed by atoms with Crippen LogP contribution in [-0.4, -0.2) is 61.0 Å². The summed E-state index contributed by atoms with van der Waals surface area (Å²) in [5.41, 5.74) is 19.1. The maximum absolute atomic E-state index is 11.0. The first-order valence-electron chi connectivity index (χ1n) is 32.0. The van der Waals surface area contributed by atoms with E-state index in [1.165, 1.54) is 45.3 Å². The highest BCUT2D eigenvalue weighted by Crippen LogP contribution is 2.43. The lowest BCUT2D eigenvalue weighted by Gasteiger charge is -2.11. The van der Waals surface area contributed by atoms with Crippen LogP contribution in [-0.2, 0) is 14.3 Å². The van der Waals surface area contributed by atoms with E-state index in [9.17, 15) is 9.82 Å². The van der Waals surface area contributed by atoms with Crippen molar-refractivity contribution in [2.75, 3.05) is 7.11 Å². The van der Waals surface area contributed by atoms with E-state index < -0.39 is 0 Å². The van der Waals surface area contributed by atoms with Gasteiger partial charge in [-0.3, -0.25) is 0 Å². The number of esters is 1. The van der Waals surface area contributed by atoms with E-state index in [4.69, 9.17) is 43.0 Å². The molecule has 6 aromatic heterocycles. The number of para-hydroxylation sites is 6. The lowest BCUT2D eigenvalue weighted by molar-refractivity contribution is -0.191. The van der Waals surface area contributed by atoms with E-state index >= 15 is 0 Å².